The topological polar surface area (TPSA) is 93.1 Å². The summed E-state index contributed by atoms with van der Waals surface area (Å²) in [5.41, 5.74) is 0.540. The number of hydrogen-bond acceptors (Lipinski definition) is 5. The van der Waals surface area contributed by atoms with Crippen molar-refractivity contribution in [2.24, 2.45) is 5.92 Å². The number of carboxylic acid groups (broad SMARTS) is 1. The van der Waals surface area contributed by atoms with Crippen LogP contribution in [0, 0.1) is 5.92 Å². The van der Waals surface area contributed by atoms with E-state index < -0.39 is 23.4 Å². The van der Waals surface area contributed by atoms with Gasteiger partial charge in [0.05, 0.1) is 17.9 Å². The maximum atomic E-state index is 13.1. The number of fused-ring (bicyclic) bond motifs is 3. The minimum Gasteiger partial charge on any atom is -0.507 e. The zero-order valence-corrected chi connectivity index (χ0v) is 18.4. The Bertz CT molecular complexity index is 882. The average molecular weight is 417 g/mol. The lowest BCUT2D eigenvalue weighted by atomic mass is 9.81. The zero-order valence-electron chi connectivity index (χ0n) is 18.4. The van der Waals surface area contributed by atoms with E-state index in [0.29, 0.717) is 29.0 Å². The van der Waals surface area contributed by atoms with Crippen LogP contribution in [-0.4, -0.2) is 33.7 Å². The lowest BCUT2D eigenvalue weighted by Crippen LogP contribution is -2.35. The van der Waals surface area contributed by atoms with Crippen LogP contribution in [0.3, 0.4) is 0 Å². The van der Waals surface area contributed by atoms with Gasteiger partial charge < -0.3 is 19.7 Å². The molecule has 6 heteroatoms. The van der Waals surface area contributed by atoms with Crippen LogP contribution in [-0.2, 0) is 4.79 Å². The predicted octanol–water partition coefficient (Wildman–Crippen LogP) is 5.31. The van der Waals surface area contributed by atoms with Crippen molar-refractivity contribution in [3.8, 4) is 17.2 Å². The summed E-state index contributed by atoms with van der Waals surface area (Å²) in [5, 5.41) is 20.8. The minimum absolute atomic E-state index is 0.142. The highest BCUT2D eigenvalue weighted by molar-refractivity contribution is 6.06. The van der Waals surface area contributed by atoms with Gasteiger partial charge in [-0.2, -0.15) is 0 Å². The van der Waals surface area contributed by atoms with Crippen molar-refractivity contribution in [1.29, 1.82) is 0 Å². The number of carboxylic acids is 1. The number of Topliss-reactive ketones (excluding diaryl/α,β-unsaturated/α-hetero) is 1. The SMILES string of the molecule is CCCCCC(CC(=O)O)c1c(O)c2c(c3c1OC(C)(C)C=C3)OC(C)C(C)C2=O. The normalized spacial score (nSPS) is 22.5. The van der Waals surface area contributed by atoms with Crippen LogP contribution >= 0.6 is 0 Å². The van der Waals surface area contributed by atoms with Crippen LogP contribution < -0.4 is 9.47 Å². The standard InChI is InChI=1S/C24H32O6/c1-6-7-8-9-15(12-17(25)26)18-21(28)19-20(27)13(2)14(3)29-22(19)16-10-11-24(4,5)30-23(16)18/h10-11,13-15,28H,6-9,12H2,1-5H3,(H,25,26). The number of phenols is 1. The summed E-state index contributed by atoms with van der Waals surface area (Å²) in [5.74, 6) is -1.44. The molecule has 0 spiro atoms. The Labute approximate surface area is 177 Å². The molecule has 2 heterocycles. The molecule has 3 rings (SSSR count). The van der Waals surface area contributed by atoms with Gasteiger partial charge in [0.2, 0.25) is 0 Å². The molecular weight excluding hydrogens is 384 g/mol. The summed E-state index contributed by atoms with van der Waals surface area (Å²) >= 11 is 0. The molecule has 0 saturated heterocycles. The van der Waals surface area contributed by atoms with Gasteiger partial charge in [-0.15, -0.1) is 0 Å². The minimum atomic E-state index is -0.947. The Morgan fingerprint density at radius 2 is 1.93 bits per heavy atom. The number of phenolic OH excluding ortho intramolecular Hbond substituents is 1. The van der Waals surface area contributed by atoms with Crippen LogP contribution in [0.5, 0.6) is 17.2 Å². The first kappa shape index (κ1) is 22.2. The first-order chi connectivity index (χ1) is 14.1. The quantitative estimate of drug-likeness (QED) is 0.585. The van der Waals surface area contributed by atoms with Gasteiger partial charge in [-0.05, 0) is 39.3 Å². The highest BCUT2D eigenvalue weighted by atomic mass is 16.5. The molecule has 6 nitrogen and oxygen atoms in total. The van der Waals surface area contributed by atoms with Gasteiger partial charge >= 0.3 is 5.97 Å². The number of aromatic hydroxyl groups is 1. The van der Waals surface area contributed by atoms with Gasteiger partial charge in [0, 0.05) is 11.5 Å². The molecule has 164 valence electrons. The second kappa shape index (κ2) is 8.32. The molecular formula is C24H32O6. The van der Waals surface area contributed by atoms with E-state index in [1.807, 2.05) is 32.9 Å². The Balaban J connectivity index is 2.25. The molecule has 3 unspecified atom stereocenters. The predicted molar refractivity (Wildman–Crippen MR) is 115 cm³/mol. The van der Waals surface area contributed by atoms with Crippen LogP contribution in [0.4, 0.5) is 0 Å². The van der Waals surface area contributed by atoms with Gasteiger partial charge in [0.1, 0.15) is 34.5 Å². The fraction of sp³-hybridized carbons (Fsp3) is 0.583. The number of ether oxygens (including phenoxy) is 2. The number of benzene rings is 1. The maximum Gasteiger partial charge on any atom is 0.303 e. The summed E-state index contributed by atoms with van der Waals surface area (Å²) in [6, 6.07) is 0. The molecule has 2 N–H and O–H groups in total. The van der Waals surface area contributed by atoms with E-state index in [4.69, 9.17) is 9.47 Å². The Kier molecular flexibility index (Phi) is 6.16. The van der Waals surface area contributed by atoms with Crippen molar-refractivity contribution < 1.29 is 29.3 Å². The third-order valence-corrected chi connectivity index (χ3v) is 6.12. The van der Waals surface area contributed by atoms with E-state index in [1.165, 1.54) is 0 Å². The summed E-state index contributed by atoms with van der Waals surface area (Å²) in [6.07, 6.45) is 6.66. The lowest BCUT2D eigenvalue weighted by molar-refractivity contribution is -0.137. The number of aliphatic carboxylic acids is 1. The maximum absolute atomic E-state index is 13.1. The molecule has 0 radical (unpaired) electrons. The first-order valence-corrected chi connectivity index (χ1v) is 10.8. The second-order valence-corrected chi connectivity index (χ2v) is 9.01. The van der Waals surface area contributed by atoms with Crippen LogP contribution in [0.25, 0.3) is 6.08 Å². The van der Waals surface area contributed by atoms with Gasteiger partial charge in [-0.25, -0.2) is 0 Å². The number of unbranched alkanes of at least 4 members (excludes halogenated alkanes) is 2. The van der Waals surface area contributed by atoms with Crippen molar-refractivity contribution in [3.05, 3.63) is 22.8 Å². The molecule has 2 aliphatic heterocycles. The molecule has 0 amide bonds. The third kappa shape index (κ3) is 4.05. The molecule has 0 bridgehead atoms. The molecule has 0 fully saturated rings. The largest absolute Gasteiger partial charge is 0.507 e. The van der Waals surface area contributed by atoms with Gasteiger partial charge in [-0.1, -0.05) is 33.1 Å². The molecule has 1 aromatic carbocycles. The molecule has 0 aliphatic carbocycles. The Morgan fingerprint density at radius 1 is 1.23 bits per heavy atom. The summed E-state index contributed by atoms with van der Waals surface area (Å²) < 4.78 is 12.3. The van der Waals surface area contributed by atoms with E-state index in [1.54, 1.807) is 6.92 Å². The second-order valence-electron chi connectivity index (χ2n) is 9.01. The van der Waals surface area contributed by atoms with E-state index in [-0.39, 0.29) is 29.6 Å². The molecule has 0 aromatic heterocycles. The van der Waals surface area contributed by atoms with E-state index in [2.05, 4.69) is 6.92 Å². The fourth-order valence-electron chi connectivity index (χ4n) is 4.23. The molecule has 2 aliphatic rings. The van der Waals surface area contributed by atoms with Crippen LogP contribution in [0.15, 0.2) is 6.08 Å². The van der Waals surface area contributed by atoms with Crippen molar-refractivity contribution >= 4 is 17.8 Å². The summed E-state index contributed by atoms with van der Waals surface area (Å²) in [6.45, 7) is 9.48. The number of carbonyl (C=O) groups is 2. The van der Waals surface area contributed by atoms with Crippen molar-refractivity contribution in [2.75, 3.05) is 0 Å². The first-order valence-electron chi connectivity index (χ1n) is 10.8. The number of rotatable bonds is 7. The van der Waals surface area contributed by atoms with Gasteiger partial charge in [-0.3, -0.25) is 9.59 Å². The third-order valence-electron chi connectivity index (χ3n) is 6.12. The van der Waals surface area contributed by atoms with Gasteiger partial charge in [0.25, 0.3) is 0 Å². The highest BCUT2D eigenvalue weighted by Crippen LogP contribution is 2.53. The highest BCUT2D eigenvalue weighted by Gasteiger charge is 2.41. The smallest absolute Gasteiger partial charge is 0.303 e. The monoisotopic (exact) mass is 416 g/mol. The number of ketones is 1. The summed E-state index contributed by atoms with van der Waals surface area (Å²) in [7, 11) is 0. The average Bonchev–Trinajstić information content (AvgIpc) is 2.64. The van der Waals surface area contributed by atoms with Crippen LogP contribution in [0.1, 0.15) is 94.1 Å². The molecule has 30 heavy (non-hydrogen) atoms. The Morgan fingerprint density at radius 3 is 2.57 bits per heavy atom. The van der Waals surface area contributed by atoms with Gasteiger partial charge in [0.15, 0.2) is 5.78 Å². The van der Waals surface area contributed by atoms with Crippen molar-refractivity contribution in [1.82, 2.24) is 0 Å². The number of carbonyl (C=O) groups excluding carboxylic acids is 1. The molecule has 0 saturated carbocycles. The Hall–Kier alpha value is -2.50. The lowest BCUT2D eigenvalue weighted by Gasteiger charge is -2.36. The van der Waals surface area contributed by atoms with E-state index in [9.17, 15) is 19.8 Å². The van der Waals surface area contributed by atoms with E-state index >= 15 is 0 Å². The zero-order chi connectivity index (χ0) is 22.2. The van der Waals surface area contributed by atoms with E-state index in [0.717, 1.165) is 19.3 Å². The molecule has 3 atom stereocenters. The van der Waals surface area contributed by atoms with Crippen molar-refractivity contribution in [2.45, 2.75) is 84.3 Å². The number of hydrogen-bond donors (Lipinski definition) is 2. The fourth-order valence-corrected chi connectivity index (χ4v) is 4.23. The molecule has 1 aromatic rings. The van der Waals surface area contributed by atoms with Crippen molar-refractivity contribution in [3.63, 3.8) is 0 Å². The van der Waals surface area contributed by atoms with Crippen LogP contribution in [0.2, 0.25) is 0 Å². The summed E-state index contributed by atoms with van der Waals surface area (Å²) in [4.78, 5) is 24.7.